The van der Waals surface area contributed by atoms with Crippen molar-refractivity contribution in [3.63, 3.8) is 0 Å². The van der Waals surface area contributed by atoms with Crippen LogP contribution in [0.25, 0.3) is 0 Å². The molecule has 4 heterocycles. The van der Waals surface area contributed by atoms with E-state index in [0.29, 0.717) is 5.56 Å². The molecule has 11 nitrogen and oxygen atoms in total. The molecule has 2 N–H and O–H groups in total. The SMILES string of the molecule is CC(C)(C)C(=O)OCc1cc2c3c(c1)N1C[C@H]4OC(=O)O[C@H]4C(O)(O1)[C@@]3(O)C(=O)CO2. The van der Waals surface area contributed by atoms with Gasteiger partial charge in [0.1, 0.15) is 12.4 Å². The average molecular weight is 435 g/mol. The van der Waals surface area contributed by atoms with E-state index in [1.165, 1.54) is 11.1 Å². The summed E-state index contributed by atoms with van der Waals surface area (Å²) >= 11 is 0. The fourth-order valence-electron chi connectivity index (χ4n) is 4.24. The van der Waals surface area contributed by atoms with Crippen LogP contribution in [0.15, 0.2) is 12.1 Å². The number of rotatable bonds is 2. The Morgan fingerprint density at radius 1 is 1.26 bits per heavy atom. The van der Waals surface area contributed by atoms with Crippen LogP contribution in [0, 0.1) is 5.41 Å². The number of nitrogens with zero attached hydrogens (tertiary/aromatic N) is 1. The lowest BCUT2D eigenvalue weighted by Crippen LogP contribution is -2.75. The number of ketones is 1. The zero-order valence-electron chi connectivity index (χ0n) is 17.0. The van der Waals surface area contributed by atoms with Crippen molar-refractivity contribution in [3.05, 3.63) is 23.3 Å². The lowest BCUT2D eigenvalue weighted by atomic mass is 9.73. The molecule has 2 fully saturated rings. The number of esters is 1. The molecule has 31 heavy (non-hydrogen) atoms. The van der Waals surface area contributed by atoms with E-state index in [1.807, 2.05) is 0 Å². The Balaban J connectivity index is 1.60. The number of hydroxylamine groups is 1. The number of hydrogen-bond donors (Lipinski definition) is 2. The zero-order valence-corrected chi connectivity index (χ0v) is 17.0. The number of carbonyl (C=O) groups is 3. The first kappa shape index (κ1) is 20.0. The van der Waals surface area contributed by atoms with Gasteiger partial charge in [-0.05, 0) is 38.5 Å². The normalized spacial score (nSPS) is 33.0. The Hall–Kier alpha value is -2.89. The smallest absolute Gasteiger partial charge is 0.485 e. The first-order chi connectivity index (χ1) is 14.4. The number of benzene rings is 1. The summed E-state index contributed by atoms with van der Waals surface area (Å²) in [4.78, 5) is 42.2. The highest BCUT2D eigenvalue weighted by atomic mass is 16.8. The number of aliphatic hydroxyl groups is 2. The summed E-state index contributed by atoms with van der Waals surface area (Å²) in [6.07, 6.45) is -3.44. The quantitative estimate of drug-likeness (QED) is 0.619. The molecule has 0 aliphatic carbocycles. The third-order valence-electron chi connectivity index (χ3n) is 5.82. The minimum Gasteiger partial charge on any atom is -0.485 e. The molecule has 1 unspecified atom stereocenters. The lowest BCUT2D eigenvalue weighted by Gasteiger charge is -2.55. The molecule has 4 aliphatic rings. The molecule has 0 saturated carbocycles. The molecule has 0 aromatic heterocycles. The van der Waals surface area contributed by atoms with Crippen molar-refractivity contribution in [2.75, 3.05) is 18.2 Å². The number of Topliss-reactive ketones (excluding diaryl/α,β-unsaturated/α-hetero) is 1. The van der Waals surface area contributed by atoms with Gasteiger partial charge in [0.2, 0.25) is 17.5 Å². The summed E-state index contributed by atoms with van der Waals surface area (Å²) in [6, 6.07) is 3.07. The molecule has 1 aromatic rings. The van der Waals surface area contributed by atoms with E-state index < -0.39 is 53.5 Å². The highest BCUT2D eigenvalue weighted by molar-refractivity contribution is 5.96. The standard InChI is InChI=1S/C20H21NO10/c1-18(2,3)16(23)28-7-9-4-10-14-11(5-9)27-8-13(22)19(14,25)20(26)15-12(6-21(10)31-20)29-17(24)30-15/h4-5,12,15,25-26H,6-8H2,1-3H3/t12-,15-,19-,20?/m1/s1. The van der Waals surface area contributed by atoms with Gasteiger partial charge >= 0.3 is 12.1 Å². The van der Waals surface area contributed by atoms with Crippen molar-refractivity contribution in [2.45, 2.75) is 51.0 Å². The van der Waals surface area contributed by atoms with Gasteiger partial charge in [0.15, 0.2) is 12.7 Å². The van der Waals surface area contributed by atoms with Crippen LogP contribution in [0.1, 0.15) is 31.9 Å². The third kappa shape index (κ3) is 2.60. The van der Waals surface area contributed by atoms with E-state index in [-0.39, 0.29) is 30.2 Å². The first-order valence-corrected chi connectivity index (χ1v) is 9.74. The van der Waals surface area contributed by atoms with Crippen LogP contribution in [0.5, 0.6) is 5.75 Å². The molecule has 11 heteroatoms. The first-order valence-electron chi connectivity index (χ1n) is 9.74. The predicted molar refractivity (Wildman–Crippen MR) is 98.6 cm³/mol. The summed E-state index contributed by atoms with van der Waals surface area (Å²) in [6.45, 7) is 4.51. The lowest BCUT2D eigenvalue weighted by molar-refractivity contribution is -0.356. The molecule has 1 aromatic carbocycles. The topological polar surface area (TPSA) is 141 Å². The van der Waals surface area contributed by atoms with Crippen molar-refractivity contribution in [1.82, 2.24) is 0 Å². The van der Waals surface area contributed by atoms with Gasteiger partial charge in [-0.1, -0.05) is 0 Å². The summed E-state index contributed by atoms with van der Waals surface area (Å²) in [5.41, 5.74) is -2.53. The van der Waals surface area contributed by atoms with E-state index in [0.717, 1.165) is 0 Å². The van der Waals surface area contributed by atoms with Crippen LogP contribution in [-0.2, 0) is 40.8 Å². The van der Waals surface area contributed by atoms with Gasteiger partial charge in [-0.2, -0.15) is 0 Å². The minimum absolute atomic E-state index is 0.00945. The zero-order chi connectivity index (χ0) is 22.3. The predicted octanol–water partition coefficient (Wildman–Crippen LogP) is 0.283. The molecule has 2 saturated heterocycles. The Morgan fingerprint density at radius 2 is 2.00 bits per heavy atom. The van der Waals surface area contributed by atoms with Crippen LogP contribution in [-0.4, -0.2) is 59.3 Å². The van der Waals surface area contributed by atoms with Crippen LogP contribution in [0.4, 0.5) is 10.5 Å². The molecule has 5 rings (SSSR count). The second kappa shape index (κ2) is 6.09. The summed E-state index contributed by atoms with van der Waals surface area (Å²) in [7, 11) is 0. The van der Waals surface area contributed by atoms with Gasteiger partial charge in [-0.15, -0.1) is 0 Å². The largest absolute Gasteiger partial charge is 0.509 e. The van der Waals surface area contributed by atoms with Gasteiger partial charge in [0, 0.05) is 0 Å². The molecule has 0 amide bonds. The van der Waals surface area contributed by atoms with Crippen molar-refractivity contribution in [1.29, 1.82) is 0 Å². The molecule has 2 bridgehead atoms. The van der Waals surface area contributed by atoms with Gasteiger partial charge in [0.05, 0.1) is 23.2 Å². The van der Waals surface area contributed by atoms with E-state index in [4.69, 9.17) is 23.8 Å². The number of fused-ring (bicyclic) bond motifs is 6. The van der Waals surface area contributed by atoms with E-state index >= 15 is 0 Å². The summed E-state index contributed by atoms with van der Waals surface area (Å²) in [5, 5.41) is 24.0. The van der Waals surface area contributed by atoms with Crippen LogP contribution in [0.3, 0.4) is 0 Å². The van der Waals surface area contributed by atoms with E-state index in [2.05, 4.69) is 0 Å². The molecule has 4 aliphatic heterocycles. The number of ether oxygens (including phenoxy) is 4. The number of hydrogen-bond acceptors (Lipinski definition) is 11. The highest BCUT2D eigenvalue weighted by Crippen LogP contribution is 2.56. The van der Waals surface area contributed by atoms with Crippen molar-refractivity contribution < 1.29 is 48.4 Å². The van der Waals surface area contributed by atoms with Crippen molar-refractivity contribution >= 4 is 23.6 Å². The molecule has 0 spiro atoms. The summed E-state index contributed by atoms with van der Waals surface area (Å²) in [5.74, 6) is -3.76. The van der Waals surface area contributed by atoms with E-state index in [9.17, 15) is 24.6 Å². The number of anilines is 1. The maximum absolute atomic E-state index is 12.8. The van der Waals surface area contributed by atoms with E-state index in [1.54, 1.807) is 26.8 Å². The van der Waals surface area contributed by atoms with Crippen molar-refractivity contribution in [2.24, 2.45) is 5.41 Å². The van der Waals surface area contributed by atoms with Crippen molar-refractivity contribution in [3.8, 4) is 5.75 Å². The summed E-state index contributed by atoms with van der Waals surface area (Å²) < 4.78 is 21.0. The maximum Gasteiger partial charge on any atom is 0.509 e. The second-order valence-corrected chi connectivity index (χ2v) is 9.03. The highest BCUT2D eigenvalue weighted by Gasteiger charge is 2.74. The van der Waals surface area contributed by atoms with Crippen LogP contribution >= 0.6 is 0 Å². The Kier molecular flexibility index (Phi) is 3.93. The van der Waals surface area contributed by atoms with Crippen LogP contribution in [0.2, 0.25) is 0 Å². The Morgan fingerprint density at radius 3 is 2.71 bits per heavy atom. The van der Waals surface area contributed by atoms with Gasteiger partial charge in [-0.3, -0.25) is 9.59 Å². The Labute approximate surface area is 176 Å². The average Bonchev–Trinajstić information content (AvgIpc) is 3.07. The van der Waals surface area contributed by atoms with Gasteiger partial charge in [-0.25, -0.2) is 14.7 Å². The third-order valence-corrected chi connectivity index (χ3v) is 5.82. The fraction of sp³-hybridized carbons (Fsp3) is 0.550. The fourth-order valence-corrected chi connectivity index (χ4v) is 4.24. The Bertz CT molecular complexity index is 1020. The molecule has 4 atom stereocenters. The number of carbonyl (C=O) groups excluding carboxylic acids is 3. The van der Waals surface area contributed by atoms with Crippen LogP contribution < -0.4 is 9.80 Å². The second-order valence-electron chi connectivity index (χ2n) is 9.03. The monoisotopic (exact) mass is 435 g/mol. The molecular formula is C20H21NO10. The molecule has 166 valence electrons. The maximum atomic E-state index is 12.8. The molecule has 0 radical (unpaired) electrons. The van der Waals surface area contributed by atoms with Gasteiger partial charge in [0.25, 0.3) is 5.79 Å². The van der Waals surface area contributed by atoms with Gasteiger partial charge < -0.3 is 29.2 Å². The molecular weight excluding hydrogens is 414 g/mol. The minimum atomic E-state index is -2.61.